The molecule has 0 spiro atoms. The van der Waals surface area contributed by atoms with Crippen LogP contribution in [0.15, 0.2) is 53.4 Å². The minimum atomic E-state index is -0.274. The molecule has 0 aliphatic heterocycles. The summed E-state index contributed by atoms with van der Waals surface area (Å²) in [4.78, 5) is 20.2. The number of hydrogen-bond donors (Lipinski definition) is 1. The summed E-state index contributed by atoms with van der Waals surface area (Å²) in [7, 11) is 1.72. The molecule has 1 heterocycles. The number of ether oxygens (including phenoxy) is 1. The van der Waals surface area contributed by atoms with Gasteiger partial charge in [0.2, 0.25) is 5.91 Å². The summed E-state index contributed by atoms with van der Waals surface area (Å²) in [6.07, 6.45) is 7.11. The molecule has 0 atom stereocenters. The molecule has 6 heteroatoms. The summed E-state index contributed by atoms with van der Waals surface area (Å²) in [6, 6.07) is 14.6. The van der Waals surface area contributed by atoms with Crippen molar-refractivity contribution in [2.45, 2.75) is 70.3 Å². The van der Waals surface area contributed by atoms with Crippen LogP contribution in [0, 0.1) is 30.6 Å². The van der Waals surface area contributed by atoms with Gasteiger partial charge in [0.25, 0.3) is 0 Å². The molecule has 2 aliphatic rings. The Morgan fingerprint density at radius 3 is 2.54 bits per heavy atom. The van der Waals surface area contributed by atoms with Gasteiger partial charge in [0.15, 0.2) is 0 Å². The van der Waals surface area contributed by atoms with E-state index in [1.807, 2.05) is 34.5 Å². The van der Waals surface area contributed by atoms with E-state index in [0.29, 0.717) is 24.7 Å². The molecule has 204 valence electrons. The van der Waals surface area contributed by atoms with Gasteiger partial charge in [-0.1, -0.05) is 24.1 Å². The van der Waals surface area contributed by atoms with E-state index >= 15 is 0 Å². The van der Waals surface area contributed by atoms with Crippen LogP contribution in [0.4, 0.5) is 5.69 Å². The van der Waals surface area contributed by atoms with E-state index in [1.165, 1.54) is 22.5 Å². The minimum absolute atomic E-state index is 0.0308. The normalized spacial score (nSPS) is 22.9. The maximum Gasteiger partial charge on any atom is 0.230 e. The quantitative estimate of drug-likeness (QED) is 0.351. The Labute approximate surface area is 236 Å². The van der Waals surface area contributed by atoms with Crippen molar-refractivity contribution < 1.29 is 14.6 Å². The van der Waals surface area contributed by atoms with Gasteiger partial charge in [0.1, 0.15) is 11.4 Å². The Balaban J connectivity index is 1.31. The highest BCUT2D eigenvalue weighted by molar-refractivity contribution is 7.07. The van der Waals surface area contributed by atoms with Gasteiger partial charge in [0, 0.05) is 29.1 Å². The first-order chi connectivity index (χ1) is 19.0. The minimum Gasteiger partial charge on any atom is -0.496 e. The lowest BCUT2D eigenvalue weighted by molar-refractivity contribution is -0.124. The Morgan fingerprint density at radius 1 is 1.05 bits per heavy atom. The smallest absolute Gasteiger partial charge is 0.230 e. The van der Waals surface area contributed by atoms with Gasteiger partial charge in [-0.15, -0.1) is 11.3 Å². The van der Waals surface area contributed by atoms with Crippen LogP contribution >= 0.6 is 11.3 Å². The first-order valence-electron chi connectivity index (χ1n) is 14.1. The summed E-state index contributed by atoms with van der Waals surface area (Å²) >= 11 is 1.53. The molecule has 3 aromatic rings. The number of carbonyl (C=O) groups excluding carboxylic acids is 1. The van der Waals surface area contributed by atoms with Crippen molar-refractivity contribution in [3.05, 3.63) is 75.7 Å². The molecule has 1 N–H and O–H groups in total. The van der Waals surface area contributed by atoms with Crippen LogP contribution in [0.25, 0.3) is 0 Å². The highest BCUT2D eigenvalue weighted by Crippen LogP contribution is 2.38. The second kappa shape index (κ2) is 12.8. The first kappa shape index (κ1) is 27.4. The monoisotopic (exact) mass is 542 g/mol. The lowest BCUT2D eigenvalue weighted by Gasteiger charge is -2.36. The summed E-state index contributed by atoms with van der Waals surface area (Å²) in [6.45, 7) is 2.84. The fraction of sp³-hybridized carbons (Fsp3) is 0.455. The second-order valence-corrected chi connectivity index (χ2v) is 11.8. The van der Waals surface area contributed by atoms with Gasteiger partial charge in [0.05, 0.1) is 18.7 Å². The van der Waals surface area contributed by atoms with E-state index in [2.05, 4.69) is 41.9 Å². The van der Waals surface area contributed by atoms with Crippen LogP contribution in [-0.2, 0) is 4.79 Å². The molecule has 5 rings (SSSR count). The maximum absolute atomic E-state index is 13.9. The third-order valence-corrected chi connectivity index (χ3v) is 9.00. The van der Waals surface area contributed by atoms with Crippen molar-refractivity contribution in [3.8, 4) is 17.6 Å². The van der Waals surface area contributed by atoms with Crippen LogP contribution in [0.2, 0.25) is 0 Å². The third-order valence-electron chi connectivity index (χ3n) is 8.41. The number of aromatic nitrogens is 1. The highest BCUT2D eigenvalue weighted by Gasteiger charge is 2.32. The number of aryl methyl sites for hydroxylation is 1. The Bertz CT molecular complexity index is 1310. The number of amides is 1. The van der Waals surface area contributed by atoms with Crippen molar-refractivity contribution in [3.63, 3.8) is 0 Å². The predicted octanol–water partition coefficient (Wildman–Crippen LogP) is 6.72. The Morgan fingerprint density at radius 2 is 1.85 bits per heavy atom. The standard InChI is InChI=1S/C33H38N2O3S/c1-23-18-28(13-17-32(23)38-2)26-9-6-25(7-10-26)20-35(33(37)27-11-15-31(36)16-12-27)30-5-3-4-24(19-30)8-14-29-21-39-22-34-29/h3-5,13,17-19,21-22,25-27,31,36H,6-7,9-12,15-16,20H2,1-2H3/t25-,26-,27-,31-. The van der Waals surface area contributed by atoms with Gasteiger partial charge in [-0.2, -0.15) is 0 Å². The number of anilines is 1. The van der Waals surface area contributed by atoms with E-state index in [4.69, 9.17) is 4.74 Å². The molecular formula is C33H38N2O3S. The summed E-state index contributed by atoms with van der Waals surface area (Å²) in [5.74, 6) is 8.47. The van der Waals surface area contributed by atoms with Gasteiger partial charge in [-0.25, -0.2) is 4.98 Å². The number of carbonyl (C=O) groups is 1. The van der Waals surface area contributed by atoms with E-state index in [-0.39, 0.29) is 17.9 Å². The van der Waals surface area contributed by atoms with Gasteiger partial charge in [-0.05, 0) is 111 Å². The van der Waals surface area contributed by atoms with Crippen LogP contribution in [-0.4, -0.2) is 35.8 Å². The van der Waals surface area contributed by atoms with Crippen LogP contribution in [0.3, 0.4) is 0 Å². The van der Waals surface area contributed by atoms with E-state index < -0.39 is 0 Å². The number of thiazole rings is 1. The number of aliphatic hydroxyl groups is 1. The Kier molecular flexibility index (Phi) is 9.01. The molecular weight excluding hydrogens is 504 g/mol. The fourth-order valence-corrected chi connectivity index (χ4v) is 6.60. The van der Waals surface area contributed by atoms with Crippen LogP contribution < -0.4 is 9.64 Å². The summed E-state index contributed by atoms with van der Waals surface area (Å²) in [5.41, 5.74) is 6.94. The van der Waals surface area contributed by atoms with Gasteiger partial charge in [-0.3, -0.25) is 4.79 Å². The van der Waals surface area contributed by atoms with Crippen molar-refractivity contribution in [2.75, 3.05) is 18.6 Å². The van der Waals surface area contributed by atoms with Gasteiger partial charge < -0.3 is 14.7 Å². The molecule has 0 unspecified atom stereocenters. The van der Waals surface area contributed by atoms with E-state index in [0.717, 1.165) is 67.8 Å². The fourth-order valence-electron chi connectivity index (χ4n) is 6.12. The highest BCUT2D eigenvalue weighted by atomic mass is 32.1. The third kappa shape index (κ3) is 6.90. The molecule has 0 bridgehead atoms. The number of hydrogen-bond acceptors (Lipinski definition) is 5. The molecule has 2 saturated carbocycles. The van der Waals surface area contributed by atoms with E-state index in [9.17, 15) is 9.90 Å². The van der Waals surface area contributed by atoms with Crippen LogP contribution in [0.5, 0.6) is 5.75 Å². The van der Waals surface area contributed by atoms with Crippen LogP contribution in [0.1, 0.15) is 79.7 Å². The number of benzene rings is 2. The Hall–Kier alpha value is -3.14. The molecule has 0 saturated heterocycles. The van der Waals surface area contributed by atoms with Crippen molar-refractivity contribution in [2.24, 2.45) is 11.8 Å². The zero-order chi connectivity index (χ0) is 27.2. The number of rotatable bonds is 6. The maximum atomic E-state index is 13.9. The average molecular weight is 543 g/mol. The lowest BCUT2D eigenvalue weighted by Crippen LogP contribution is -2.41. The van der Waals surface area contributed by atoms with Crippen molar-refractivity contribution in [1.29, 1.82) is 0 Å². The number of nitrogens with zero attached hydrogens (tertiary/aromatic N) is 2. The molecule has 39 heavy (non-hydrogen) atoms. The molecule has 2 aromatic carbocycles. The molecule has 2 aliphatic carbocycles. The first-order valence-corrected chi connectivity index (χ1v) is 15.1. The molecule has 1 amide bonds. The number of aliphatic hydroxyl groups excluding tert-OH is 1. The molecule has 0 radical (unpaired) electrons. The largest absolute Gasteiger partial charge is 0.496 e. The van der Waals surface area contributed by atoms with Crippen molar-refractivity contribution >= 4 is 22.9 Å². The predicted molar refractivity (Wildman–Crippen MR) is 157 cm³/mol. The summed E-state index contributed by atoms with van der Waals surface area (Å²) < 4.78 is 5.45. The van der Waals surface area contributed by atoms with Gasteiger partial charge >= 0.3 is 0 Å². The molecule has 2 fully saturated rings. The molecule has 5 nitrogen and oxygen atoms in total. The SMILES string of the molecule is COc1ccc([C@H]2CC[C@H](CN(c3cccc(C#Cc4cscn4)c3)C(=O)[C@H]3CC[C@H](O)CC3)CC2)cc1C. The van der Waals surface area contributed by atoms with Crippen molar-refractivity contribution in [1.82, 2.24) is 4.98 Å². The van der Waals surface area contributed by atoms with E-state index in [1.54, 1.807) is 12.6 Å². The second-order valence-electron chi connectivity index (χ2n) is 11.1. The average Bonchev–Trinajstić information content (AvgIpc) is 3.49. The lowest BCUT2D eigenvalue weighted by atomic mass is 9.78. The summed E-state index contributed by atoms with van der Waals surface area (Å²) in [5, 5.41) is 12.0. The number of methoxy groups -OCH3 is 1. The zero-order valence-corrected chi connectivity index (χ0v) is 23.8. The topological polar surface area (TPSA) is 62.7 Å². The zero-order valence-electron chi connectivity index (χ0n) is 22.9. The molecule has 1 aromatic heterocycles.